The molecule has 0 aliphatic carbocycles. The van der Waals surface area contributed by atoms with Gasteiger partial charge < -0.3 is 5.32 Å². The summed E-state index contributed by atoms with van der Waals surface area (Å²) in [5.41, 5.74) is 0.438. The standard InChI is InChI=1S/C13H20N2O4S2/c1-10(2)15-21(18,19)13-6-4-3-5-12(13)14-11-7-8-20(16,17)9-11/h3-6,10-11,14-15H,7-9H2,1-2H3. The maximum atomic E-state index is 12.3. The summed E-state index contributed by atoms with van der Waals surface area (Å²) in [4.78, 5) is 0.142. The first-order chi connectivity index (χ1) is 9.70. The van der Waals surface area contributed by atoms with E-state index in [9.17, 15) is 16.8 Å². The lowest BCUT2D eigenvalue weighted by Gasteiger charge is -2.17. The second kappa shape index (κ2) is 5.94. The number of hydrogen-bond acceptors (Lipinski definition) is 5. The largest absolute Gasteiger partial charge is 0.380 e. The van der Waals surface area contributed by atoms with E-state index < -0.39 is 19.9 Å². The van der Waals surface area contributed by atoms with E-state index in [4.69, 9.17) is 0 Å². The highest BCUT2D eigenvalue weighted by Crippen LogP contribution is 2.24. The molecule has 1 aromatic rings. The van der Waals surface area contributed by atoms with Crippen molar-refractivity contribution in [2.24, 2.45) is 0 Å². The summed E-state index contributed by atoms with van der Waals surface area (Å²) in [5.74, 6) is 0.183. The molecule has 1 unspecified atom stereocenters. The second-order valence-corrected chi connectivity index (χ2v) is 9.43. The smallest absolute Gasteiger partial charge is 0.242 e. The lowest BCUT2D eigenvalue weighted by molar-refractivity contribution is 0.570. The van der Waals surface area contributed by atoms with E-state index in [-0.39, 0.29) is 28.5 Å². The molecule has 8 heteroatoms. The Bertz CT molecular complexity index is 711. The van der Waals surface area contributed by atoms with Crippen molar-refractivity contribution >= 4 is 25.5 Å². The van der Waals surface area contributed by atoms with E-state index in [1.807, 2.05) is 0 Å². The highest BCUT2D eigenvalue weighted by atomic mass is 32.2. The van der Waals surface area contributed by atoms with Crippen molar-refractivity contribution in [3.63, 3.8) is 0 Å². The van der Waals surface area contributed by atoms with Crippen LogP contribution in [0.4, 0.5) is 5.69 Å². The van der Waals surface area contributed by atoms with Gasteiger partial charge in [-0.2, -0.15) is 0 Å². The van der Waals surface area contributed by atoms with Crippen molar-refractivity contribution in [1.82, 2.24) is 4.72 Å². The van der Waals surface area contributed by atoms with E-state index in [1.54, 1.807) is 32.0 Å². The van der Waals surface area contributed by atoms with Gasteiger partial charge in [0.05, 0.1) is 17.2 Å². The first-order valence-electron chi connectivity index (χ1n) is 6.78. The monoisotopic (exact) mass is 332 g/mol. The van der Waals surface area contributed by atoms with Crippen LogP contribution >= 0.6 is 0 Å². The van der Waals surface area contributed by atoms with Crippen LogP contribution in [0.3, 0.4) is 0 Å². The zero-order valence-electron chi connectivity index (χ0n) is 12.0. The average Bonchev–Trinajstić information content (AvgIpc) is 2.67. The van der Waals surface area contributed by atoms with Crippen molar-refractivity contribution in [2.45, 2.75) is 37.2 Å². The van der Waals surface area contributed by atoms with Gasteiger partial charge in [0.2, 0.25) is 10.0 Å². The van der Waals surface area contributed by atoms with Crippen LogP contribution in [0.5, 0.6) is 0 Å². The number of rotatable bonds is 5. The van der Waals surface area contributed by atoms with Crippen molar-refractivity contribution in [2.75, 3.05) is 16.8 Å². The van der Waals surface area contributed by atoms with Gasteiger partial charge in [-0.1, -0.05) is 12.1 Å². The molecule has 1 atom stereocenters. The number of hydrogen-bond donors (Lipinski definition) is 2. The minimum Gasteiger partial charge on any atom is -0.380 e. The number of anilines is 1. The predicted molar refractivity (Wildman–Crippen MR) is 82.6 cm³/mol. The van der Waals surface area contributed by atoms with Gasteiger partial charge >= 0.3 is 0 Å². The van der Waals surface area contributed by atoms with Crippen LogP contribution in [0.25, 0.3) is 0 Å². The fraction of sp³-hybridized carbons (Fsp3) is 0.538. The zero-order chi connectivity index (χ0) is 15.7. The Morgan fingerprint density at radius 2 is 1.90 bits per heavy atom. The van der Waals surface area contributed by atoms with E-state index >= 15 is 0 Å². The Labute approximate surface area is 125 Å². The van der Waals surface area contributed by atoms with Gasteiger partial charge in [-0.3, -0.25) is 0 Å². The Balaban J connectivity index is 2.26. The second-order valence-electron chi connectivity index (χ2n) is 5.52. The molecule has 21 heavy (non-hydrogen) atoms. The molecule has 118 valence electrons. The maximum Gasteiger partial charge on any atom is 0.242 e. The highest BCUT2D eigenvalue weighted by molar-refractivity contribution is 7.91. The fourth-order valence-electron chi connectivity index (χ4n) is 2.32. The molecule has 1 aliphatic heterocycles. The van der Waals surface area contributed by atoms with Crippen molar-refractivity contribution < 1.29 is 16.8 Å². The number of para-hydroxylation sites is 1. The molecular formula is C13H20N2O4S2. The summed E-state index contributed by atoms with van der Waals surface area (Å²) in [5, 5.41) is 3.05. The summed E-state index contributed by atoms with van der Waals surface area (Å²) in [6.45, 7) is 3.49. The molecule has 1 aromatic carbocycles. The normalized spacial score (nSPS) is 21.6. The lowest BCUT2D eigenvalue weighted by atomic mass is 10.2. The molecule has 6 nitrogen and oxygen atoms in total. The molecule has 0 aromatic heterocycles. The first kappa shape index (κ1) is 16.3. The predicted octanol–water partition coefficient (Wildman–Crippen LogP) is 0.972. The molecule has 0 bridgehead atoms. The highest BCUT2D eigenvalue weighted by Gasteiger charge is 2.29. The Morgan fingerprint density at radius 1 is 1.24 bits per heavy atom. The van der Waals surface area contributed by atoms with Crippen molar-refractivity contribution in [3.05, 3.63) is 24.3 Å². The zero-order valence-corrected chi connectivity index (χ0v) is 13.7. The number of sulfonamides is 1. The minimum atomic E-state index is -3.62. The summed E-state index contributed by atoms with van der Waals surface area (Å²) in [7, 11) is -6.63. The minimum absolute atomic E-state index is 0.0407. The Hall–Kier alpha value is -1.12. The molecule has 2 rings (SSSR count). The average molecular weight is 332 g/mol. The van der Waals surface area contributed by atoms with E-state index in [0.29, 0.717) is 12.1 Å². The van der Waals surface area contributed by atoms with Crippen LogP contribution in [-0.2, 0) is 19.9 Å². The maximum absolute atomic E-state index is 12.3. The van der Waals surface area contributed by atoms with E-state index in [0.717, 1.165) is 0 Å². The summed E-state index contributed by atoms with van der Waals surface area (Å²) < 4.78 is 50.1. The summed E-state index contributed by atoms with van der Waals surface area (Å²) in [6, 6.07) is 6.07. The van der Waals surface area contributed by atoms with Crippen molar-refractivity contribution in [1.29, 1.82) is 0 Å². The van der Waals surface area contributed by atoms with Crippen LogP contribution in [0.15, 0.2) is 29.2 Å². The number of benzene rings is 1. The van der Waals surface area contributed by atoms with Gasteiger partial charge in [-0.25, -0.2) is 21.6 Å². The van der Waals surface area contributed by atoms with Crippen LogP contribution in [-0.4, -0.2) is 40.4 Å². The molecule has 0 saturated carbocycles. The van der Waals surface area contributed by atoms with Gasteiger partial charge in [0.15, 0.2) is 9.84 Å². The fourth-order valence-corrected chi connectivity index (χ4v) is 5.42. The van der Waals surface area contributed by atoms with E-state index in [2.05, 4.69) is 10.0 Å². The van der Waals surface area contributed by atoms with Gasteiger partial charge in [-0.05, 0) is 32.4 Å². The van der Waals surface area contributed by atoms with Gasteiger partial charge in [0.1, 0.15) is 4.90 Å². The van der Waals surface area contributed by atoms with Crippen LogP contribution in [0, 0.1) is 0 Å². The lowest BCUT2D eigenvalue weighted by Crippen LogP contribution is -2.31. The molecule has 2 N–H and O–H groups in total. The molecule has 0 radical (unpaired) electrons. The molecular weight excluding hydrogens is 312 g/mol. The quantitative estimate of drug-likeness (QED) is 0.838. The topological polar surface area (TPSA) is 92.3 Å². The molecule has 1 aliphatic rings. The Kier molecular flexibility index (Phi) is 4.60. The van der Waals surface area contributed by atoms with Crippen LogP contribution < -0.4 is 10.0 Å². The Morgan fingerprint density at radius 3 is 2.48 bits per heavy atom. The van der Waals surface area contributed by atoms with E-state index in [1.165, 1.54) is 6.07 Å². The molecule has 0 amide bonds. The number of sulfone groups is 1. The molecule has 1 saturated heterocycles. The summed E-state index contributed by atoms with van der Waals surface area (Å²) in [6.07, 6.45) is 0.494. The first-order valence-corrected chi connectivity index (χ1v) is 10.1. The van der Waals surface area contributed by atoms with Crippen LogP contribution in [0.1, 0.15) is 20.3 Å². The van der Waals surface area contributed by atoms with Gasteiger partial charge in [0.25, 0.3) is 0 Å². The third-order valence-electron chi connectivity index (χ3n) is 3.16. The third kappa shape index (κ3) is 4.18. The molecule has 1 fully saturated rings. The summed E-state index contributed by atoms with van der Waals surface area (Å²) >= 11 is 0. The number of nitrogens with one attached hydrogen (secondary N) is 2. The van der Waals surface area contributed by atoms with Crippen LogP contribution in [0.2, 0.25) is 0 Å². The molecule has 0 spiro atoms. The van der Waals surface area contributed by atoms with Gasteiger partial charge in [0, 0.05) is 12.1 Å². The SMILES string of the molecule is CC(C)NS(=O)(=O)c1ccccc1NC1CCS(=O)(=O)C1. The third-order valence-corrected chi connectivity index (χ3v) is 6.64. The van der Waals surface area contributed by atoms with Crippen molar-refractivity contribution in [3.8, 4) is 0 Å². The van der Waals surface area contributed by atoms with Gasteiger partial charge in [-0.15, -0.1) is 0 Å². The molecule has 1 heterocycles.